The number of rotatable bonds is 6. The van der Waals surface area contributed by atoms with Crippen molar-refractivity contribution >= 4 is 65.4 Å². The van der Waals surface area contributed by atoms with Gasteiger partial charge in [0.05, 0.1) is 33.1 Å². The molecule has 0 aliphatic carbocycles. The molecule has 0 bridgehead atoms. The van der Waals surface area contributed by atoms with Gasteiger partial charge in [-0.25, -0.2) is 0 Å². The third-order valence-electron chi connectivity index (χ3n) is 12.5. The highest BCUT2D eigenvalue weighted by Gasteiger charge is 2.23. The Morgan fingerprint density at radius 1 is 0.270 bits per heavy atom. The minimum absolute atomic E-state index is 0.542. The van der Waals surface area contributed by atoms with Crippen LogP contribution in [0.1, 0.15) is 0 Å². The molecule has 0 N–H and O–H groups in total. The second-order valence-electron chi connectivity index (χ2n) is 16.0. The van der Waals surface area contributed by atoms with Crippen LogP contribution in [-0.4, -0.2) is 28.7 Å². The largest absolute Gasteiger partial charge is 0.309 e. The molecule has 0 aliphatic rings. The minimum Gasteiger partial charge on any atom is -0.309 e. The van der Waals surface area contributed by atoms with Gasteiger partial charge < -0.3 is 4.57 Å². The van der Waals surface area contributed by atoms with Crippen LogP contribution in [-0.2, 0) is 0 Å². The fourth-order valence-electron chi connectivity index (χ4n) is 9.72. The van der Waals surface area contributed by atoms with E-state index in [1.165, 1.54) is 10.8 Å². The SMILES string of the molecule is c1ccc(-c2ccc(-c3nc(-n4c5ccccc5c5cc6c7ccccc7n(-c7ccccc7)c6cc54)nc(-n4c5ccccc5c5c(-c6ccccc6)cccc54)n3)cc2)cc1. The average Bonchev–Trinajstić information content (AvgIpc) is 3.99. The summed E-state index contributed by atoms with van der Waals surface area (Å²) < 4.78 is 6.81. The molecule has 0 atom stereocenters. The molecule has 0 aliphatic heterocycles. The monoisotopic (exact) mass is 804 g/mol. The highest BCUT2D eigenvalue weighted by atomic mass is 15.3. The molecule has 13 aromatic rings. The molecule has 0 unspecified atom stereocenters. The maximum absolute atomic E-state index is 5.51. The molecule has 4 heterocycles. The Morgan fingerprint density at radius 2 is 0.730 bits per heavy atom. The Labute approximate surface area is 362 Å². The smallest absolute Gasteiger partial charge is 0.240 e. The van der Waals surface area contributed by atoms with Crippen molar-refractivity contribution in [3.8, 4) is 51.2 Å². The third kappa shape index (κ3) is 5.48. The molecule has 9 aromatic carbocycles. The number of aromatic nitrogens is 6. The van der Waals surface area contributed by atoms with Gasteiger partial charge in [-0.3, -0.25) is 9.13 Å². The van der Waals surface area contributed by atoms with Crippen LogP contribution in [0.15, 0.2) is 218 Å². The van der Waals surface area contributed by atoms with Crippen molar-refractivity contribution in [1.29, 1.82) is 0 Å². The highest BCUT2D eigenvalue weighted by Crippen LogP contribution is 2.41. The number of benzene rings is 9. The van der Waals surface area contributed by atoms with E-state index in [1.807, 2.05) is 6.07 Å². The molecule has 0 radical (unpaired) electrons. The van der Waals surface area contributed by atoms with Gasteiger partial charge in [-0.15, -0.1) is 0 Å². The maximum atomic E-state index is 5.51. The van der Waals surface area contributed by atoms with E-state index in [9.17, 15) is 0 Å². The van der Waals surface area contributed by atoms with Crippen LogP contribution in [0.4, 0.5) is 0 Å². The summed E-state index contributed by atoms with van der Waals surface area (Å²) in [5.41, 5.74) is 13.0. The zero-order valence-electron chi connectivity index (χ0n) is 34.0. The van der Waals surface area contributed by atoms with E-state index >= 15 is 0 Å². The predicted octanol–water partition coefficient (Wildman–Crippen LogP) is 14.2. The maximum Gasteiger partial charge on any atom is 0.240 e. The average molecular weight is 805 g/mol. The number of para-hydroxylation sites is 4. The summed E-state index contributed by atoms with van der Waals surface area (Å²) in [5.74, 6) is 1.68. The first-order chi connectivity index (χ1) is 31.3. The van der Waals surface area contributed by atoms with E-state index in [2.05, 4.69) is 226 Å². The number of hydrogen-bond acceptors (Lipinski definition) is 3. The van der Waals surface area contributed by atoms with Crippen molar-refractivity contribution in [2.75, 3.05) is 0 Å². The molecule has 63 heavy (non-hydrogen) atoms. The second-order valence-corrected chi connectivity index (χ2v) is 16.0. The first-order valence-electron chi connectivity index (χ1n) is 21.3. The molecule has 294 valence electrons. The number of nitrogens with zero attached hydrogens (tertiary/aromatic N) is 6. The molecule has 0 spiro atoms. The number of fused-ring (bicyclic) bond motifs is 9. The lowest BCUT2D eigenvalue weighted by molar-refractivity contribution is 0.893. The Hall–Kier alpha value is -8.61. The van der Waals surface area contributed by atoms with E-state index in [1.54, 1.807) is 0 Å². The van der Waals surface area contributed by atoms with Crippen LogP contribution in [0.25, 0.3) is 117 Å². The summed E-state index contributed by atoms with van der Waals surface area (Å²) in [6, 6.07) is 77.3. The van der Waals surface area contributed by atoms with Gasteiger partial charge in [0, 0.05) is 43.6 Å². The molecule has 13 rings (SSSR count). The van der Waals surface area contributed by atoms with Crippen molar-refractivity contribution in [2.45, 2.75) is 0 Å². The zero-order chi connectivity index (χ0) is 41.4. The fourth-order valence-corrected chi connectivity index (χ4v) is 9.72. The van der Waals surface area contributed by atoms with Gasteiger partial charge in [0.1, 0.15) is 0 Å². The summed E-state index contributed by atoms with van der Waals surface area (Å²) in [6.45, 7) is 0. The lowest BCUT2D eigenvalue weighted by atomic mass is 9.99. The van der Waals surface area contributed by atoms with E-state index < -0.39 is 0 Å². The normalized spacial score (nSPS) is 11.8. The van der Waals surface area contributed by atoms with Crippen LogP contribution in [0.3, 0.4) is 0 Å². The van der Waals surface area contributed by atoms with Crippen LogP contribution in [0.5, 0.6) is 0 Å². The first-order valence-corrected chi connectivity index (χ1v) is 21.3. The van der Waals surface area contributed by atoms with E-state index in [4.69, 9.17) is 15.0 Å². The summed E-state index contributed by atoms with van der Waals surface area (Å²) in [5, 5.41) is 6.96. The highest BCUT2D eigenvalue weighted by molar-refractivity contribution is 6.19. The molecule has 0 saturated heterocycles. The molecule has 6 heteroatoms. The van der Waals surface area contributed by atoms with Crippen LogP contribution in [0, 0.1) is 0 Å². The van der Waals surface area contributed by atoms with Crippen LogP contribution >= 0.6 is 0 Å². The van der Waals surface area contributed by atoms with Gasteiger partial charge in [-0.2, -0.15) is 15.0 Å². The van der Waals surface area contributed by atoms with Crippen molar-refractivity contribution in [2.24, 2.45) is 0 Å². The third-order valence-corrected chi connectivity index (χ3v) is 12.5. The topological polar surface area (TPSA) is 53.5 Å². The van der Waals surface area contributed by atoms with E-state index in [-0.39, 0.29) is 0 Å². The van der Waals surface area contributed by atoms with Gasteiger partial charge in [0.15, 0.2) is 5.82 Å². The molecule has 0 fully saturated rings. The van der Waals surface area contributed by atoms with Crippen molar-refractivity contribution in [1.82, 2.24) is 28.7 Å². The molecule has 4 aromatic heterocycles. The fraction of sp³-hybridized carbons (Fsp3) is 0. The lowest BCUT2D eigenvalue weighted by Gasteiger charge is -2.13. The van der Waals surface area contributed by atoms with Crippen molar-refractivity contribution in [3.63, 3.8) is 0 Å². The zero-order valence-corrected chi connectivity index (χ0v) is 34.0. The predicted molar refractivity (Wildman–Crippen MR) is 259 cm³/mol. The standard InChI is InChI=1S/C57H36N6/c1-4-17-37(18-5-1)38-31-33-40(34-32-38)55-58-56(62-50-29-15-12-25-45(50)54-42(26-16-30-51(54)62)39-19-6-2-7-20-39)60-57(59-55)63-49-28-14-11-24-44(49)47-35-46-43-23-10-13-27-48(43)61(52(46)36-53(47)63)41-21-8-3-9-22-41/h1-36H. The molecule has 0 saturated carbocycles. The summed E-state index contributed by atoms with van der Waals surface area (Å²) in [4.78, 5) is 16.3. The van der Waals surface area contributed by atoms with Crippen LogP contribution < -0.4 is 0 Å². The summed E-state index contributed by atoms with van der Waals surface area (Å²) in [7, 11) is 0. The molecule has 6 nitrogen and oxygen atoms in total. The van der Waals surface area contributed by atoms with Gasteiger partial charge in [0.25, 0.3) is 0 Å². The van der Waals surface area contributed by atoms with Gasteiger partial charge >= 0.3 is 0 Å². The quantitative estimate of drug-likeness (QED) is 0.168. The van der Waals surface area contributed by atoms with E-state index in [0.717, 1.165) is 88.1 Å². The van der Waals surface area contributed by atoms with Crippen LogP contribution in [0.2, 0.25) is 0 Å². The Kier molecular flexibility index (Phi) is 7.80. The summed E-state index contributed by atoms with van der Waals surface area (Å²) >= 11 is 0. The first kappa shape index (κ1) is 35.2. The Bertz CT molecular complexity index is 3880. The Balaban J connectivity index is 1.12. The van der Waals surface area contributed by atoms with Gasteiger partial charge in [-0.1, -0.05) is 170 Å². The molecule has 0 amide bonds. The number of hydrogen-bond donors (Lipinski definition) is 0. The molecular formula is C57H36N6. The summed E-state index contributed by atoms with van der Waals surface area (Å²) in [6.07, 6.45) is 0. The second kappa shape index (κ2) is 14.0. The van der Waals surface area contributed by atoms with Crippen molar-refractivity contribution < 1.29 is 0 Å². The van der Waals surface area contributed by atoms with Gasteiger partial charge in [0.2, 0.25) is 11.9 Å². The van der Waals surface area contributed by atoms with Gasteiger partial charge in [-0.05, 0) is 70.8 Å². The minimum atomic E-state index is 0.542. The Morgan fingerprint density at radius 3 is 1.38 bits per heavy atom. The van der Waals surface area contributed by atoms with Crippen molar-refractivity contribution in [3.05, 3.63) is 218 Å². The lowest BCUT2D eigenvalue weighted by Crippen LogP contribution is -2.10. The van der Waals surface area contributed by atoms with E-state index in [0.29, 0.717) is 17.7 Å². The molecular weight excluding hydrogens is 769 g/mol.